The molecule has 1 aromatic carbocycles. The van der Waals surface area contributed by atoms with Crippen LogP contribution in [0, 0.1) is 12.7 Å². The van der Waals surface area contributed by atoms with Gasteiger partial charge in [-0.25, -0.2) is 4.39 Å². The summed E-state index contributed by atoms with van der Waals surface area (Å²) in [5.41, 5.74) is 0.129. The predicted molar refractivity (Wildman–Crippen MR) is 63.8 cm³/mol. The van der Waals surface area contributed by atoms with Gasteiger partial charge in [-0.2, -0.15) is 0 Å². The van der Waals surface area contributed by atoms with Crippen molar-refractivity contribution in [2.24, 2.45) is 0 Å². The van der Waals surface area contributed by atoms with Crippen LogP contribution in [0.4, 0.5) is 4.39 Å². The van der Waals surface area contributed by atoms with Crippen LogP contribution in [0.25, 0.3) is 0 Å². The number of aryl methyl sites for hydroxylation is 1. The summed E-state index contributed by atoms with van der Waals surface area (Å²) in [7, 11) is 0. The van der Waals surface area contributed by atoms with Crippen LogP contribution in [-0.4, -0.2) is 17.7 Å². The molecule has 90 valence electrons. The Hall–Kier alpha value is -0.930. The quantitative estimate of drug-likeness (QED) is 0.824. The molecule has 0 aromatic heterocycles. The van der Waals surface area contributed by atoms with E-state index in [1.54, 1.807) is 26.0 Å². The summed E-state index contributed by atoms with van der Waals surface area (Å²) < 4.78 is 13.4. The van der Waals surface area contributed by atoms with Crippen molar-refractivity contribution in [1.82, 2.24) is 5.32 Å². The van der Waals surface area contributed by atoms with Crippen molar-refractivity contribution < 1.29 is 9.50 Å². The van der Waals surface area contributed by atoms with Crippen LogP contribution in [0.15, 0.2) is 18.2 Å². The van der Waals surface area contributed by atoms with Gasteiger partial charge in [-0.3, -0.25) is 0 Å². The molecule has 0 aliphatic carbocycles. The topological polar surface area (TPSA) is 32.3 Å². The summed E-state index contributed by atoms with van der Waals surface area (Å²) in [5, 5.41) is 13.5. The molecule has 0 fully saturated rings. The average Bonchev–Trinajstić information content (AvgIpc) is 2.22. The zero-order valence-corrected chi connectivity index (χ0v) is 10.3. The van der Waals surface area contributed by atoms with Crippen LogP contribution in [-0.2, 0) is 5.60 Å². The first-order valence-corrected chi connectivity index (χ1v) is 5.62. The van der Waals surface area contributed by atoms with E-state index in [0.717, 1.165) is 6.54 Å². The maximum Gasteiger partial charge on any atom is 0.126 e. The van der Waals surface area contributed by atoms with E-state index < -0.39 is 5.60 Å². The average molecular weight is 225 g/mol. The Morgan fingerprint density at radius 1 is 1.50 bits per heavy atom. The Kier molecular flexibility index (Phi) is 4.05. The second-order valence-electron chi connectivity index (χ2n) is 4.39. The highest BCUT2D eigenvalue weighted by atomic mass is 19.1. The molecule has 2 nitrogen and oxygen atoms in total. The van der Waals surface area contributed by atoms with Crippen molar-refractivity contribution in [3.8, 4) is 0 Å². The van der Waals surface area contributed by atoms with Crippen LogP contribution < -0.4 is 5.32 Å². The number of benzene rings is 1. The molecule has 16 heavy (non-hydrogen) atoms. The van der Waals surface area contributed by atoms with E-state index in [4.69, 9.17) is 0 Å². The van der Waals surface area contributed by atoms with E-state index in [-0.39, 0.29) is 11.9 Å². The molecular formula is C13H20FNO. The third kappa shape index (κ3) is 2.60. The Bertz CT molecular complexity index is 363. The van der Waals surface area contributed by atoms with Gasteiger partial charge < -0.3 is 10.4 Å². The predicted octanol–water partition coefficient (Wildman–Crippen LogP) is 2.34. The van der Waals surface area contributed by atoms with Crippen molar-refractivity contribution in [3.05, 3.63) is 35.1 Å². The molecule has 1 rings (SSSR count). The maximum atomic E-state index is 13.4. The van der Waals surface area contributed by atoms with Gasteiger partial charge in [-0.1, -0.05) is 19.1 Å². The van der Waals surface area contributed by atoms with E-state index in [2.05, 4.69) is 5.32 Å². The number of likely N-dealkylation sites (N-methyl/N-ethyl adjacent to an activating group) is 1. The van der Waals surface area contributed by atoms with Crippen LogP contribution in [0.2, 0.25) is 0 Å². The molecule has 0 heterocycles. The Balaban J connectivity index is 3.01. The van der Waals surface area contributed by atoms with Crippen LogP contribution in [0.1, 0.15) is 31.9 Å². The molecule has 1 aromatic rings. The Labute approximate surface area is 96.5 Å². The van der Waals surface area contributed by atoms with Crippen molar-refractivity contribution in [3.63, 3.8) is 0 Å². The molecule has 0 saturated carbocycles. The highest BCUT2D eigenvalue weighted by molar-refractivity contribution is 5.28. The standard InChI is InChI=1S/C13H20FNO/c1-5-15-10(3)13(4,16)11-7-6-9(2)12(14)8-11/h6-8,10,15-16H,5H2,1-4H3. The van der Waals surface area contributed by atoms with Crippen molar-refractivity contribution in [1.29, 1.82) is 0 Å². The molecule has 2 unspecified atom stereocenters. The summed E-state index contributed by atoms with van der Waals surface area (Å²) in [6, 6.07) is 4.74. The maximum absolute atomic E-state index is 13.4. The Morgan fingerprint density at radius 2 is 2.12 bits per heavy atom. The van der Waals surface area contributed by atoms with E-state index in [1.165, 1.54) is 6.07 Å². The normalized spacial score (nSPS) is 16.9. The smallest absolute Gasteiger partial charge is 0.126 e. The number of rotatable bonds is 4. The van der Waals surface area contributed by atoms with Gasteiger partial charge in [0.05, 0.1) is 0 Å². The van der Waals surface area contributed by atoms with Gasteiger partial charge in [0.15, 0.2) is 0 Å². The minimum atomic E-state index is -1.06. The zero-order valence-electron chi connectivity index (χ0n) is 10.3. The van der Waals surface area contributed by atoms with Gasteiger partial charge in [0.25, 0.3) is 0 Å². The third-order valence-corrected chi connectivity index (χ3v) is 3.11. The number of hydrogen-bond acceptors (Lipinski definition) is 2. The van der Waals surface area contributed by atoms with Crippen LogP contribution in [0.5, 0.6) is 0 Å². The third-order valence-electron chi connectivity index (χ3n) is 3.11. The summed E-state index contributed by atoms with van der Waals surface area (Å²) in [4.78, 5) is 0. The fourth-order valence-electron chi connectivity index (χ4n) is 1.66. The lowest BCUT2D eigenvalue weighted by molar-refractivity contribution is 0.0218. The number of halogens is 1. The minimum Gasteiger partial charge on any atom is -0.384 e. The highest BCUT2D eigenvalue weighted by Gasteiger charge is 2.30. The SMILES string of the molecule is CCNC(C)C(C)(O)c1ccc(C)c(F)c1. The van der Waals surface area contributed by atoms with Gasteiger partial charge in [0, 0.05) is 6.04 Å². The van der Waals surface area contributed by atoms with E-state index in [0.29, 0.717) is 11.1 Å². The highest BCUT2D eigenvalue weighted by Crippen LogP contribution is 2.25. The summed E-state index contributed by atoms with van der Waals surface area (Å²) in [6.45, 7) is 8.04. The molecule has 0 spiro atoms. The first kappa shape index (κ1) is 13.1. The molecule has 0 aliphatic rings. The van der Waals surface area contributed by atoms with Crippen LogP contribution in [0.3, 0.4) is 0 Å². The molecule has 3 heteroatoms. The van der Waals surface area contributed by atoms with Gasteiger partial charge in [-0.15, -0.1) is 0 Å². The van der Waals surface area contributed by atoms with E-state index >= 15 is 0 Å². The summed E-state index contributed by atoms with van der Waals surface area (Å²) in [5.74, 6) is -0.276. The van der Waals surface area contributed by atoms with E-state index in [1.807, 2.05) is 13.8 Å². The second-order valence-corrected chi connectivity index (χ2v) is 4.39. The van der Waals surface area contributed by atoms with Crippen LogP contribution >= 0.6 is 0 Å². The van der Waals surface area contributed by atoms with Gasteiger partial charge in [0.2, 0.25) is 0 Å². The second kappa shape index (κ2) is 4.93. The number of hydrogen-bond donors (Lipinski definition) is 2. The fourth-order valence-corrected chi connectivity index (χ4v) is 1.66. The number of aliphatic hydroxyl groups is 1. The van der Waals surface area contributed by atoms with Crippen molar-refractivity contribution in [2.75, 3.05) is 6.54 Å². The first-order valence-electron chi connectivity index (χ1n) is 5.62. The molecule has 0 radical (unpaired) electrons. The molecule has 0 bridgehead atoms. The molecular weight excluding hydrogens is 205 g/mol. The molecule has 2 N–H and O–H groups in total. The fraction of sp³-hybridized carbons (Fsp3) is 0.538. The number of nitrogens with one attached hydrogen (secondary N) is 1. The Morgan fingerprint density at radius 3 is 2.62 bits per heavy atom. The molecule has 0 saturated heterocycles. The largest absolute Gasteiger partial charge is 0.384 e. The summed E-state index contributed by atoms with van der Waals surface area (Å²) in [6.07, 6.45) is 0. The first-order chi connectivity index (χ1) is 7.39. The molecule has 2 atom stereocenters. The van der Waals surface area contributed by atoms with E-state index in [9.17, 15) is 9.50 Å². The minimum absolute atomic E-state index is 0.125. The van der Waals surface area contributed by atoms with Crippen molar-refractivity contribution in [2.45, 2.75) is 39.3 Å². The lowest BCUT2D eigenvalue weighted by atomic mass is 9.88. The summed E-state index contributed by atoms with van der Waals surface area (Å²) >= 11 is 0. The monoisotopic (exact) mass is 225 g/mol. The lowest BCUT2D eigenvalue weighted by Gasteiger charge is -2.31. The zero-order chi connectivity index (χ0) is 12.3. The molecule has 0 aliphatic heterocycles. The lowest BCUT2D eigenvalue weighted by Crippen LogP contribution is -2.44. The molecule has 0 amide bonds. The van der Waals surface area contributed by atoms with Gasteiger partial charge in [-0.05, 0) is 44.5 Å². The van der Waals surface area contributed by atoms with Gasteiger partial charge in [0.1, 0.15) is 11.4 Å². The van der Waals surface area contributed by atoms with Gasteiger partial charge >= 0.3 is 0 Å². The van der Waals surface area contributed by atoms with Crippen molar-refractivity contribution >= 4 is 0 Å².